The van der Waals surface area contributed by atoms with Gasteiger partial charge in [-0.25, -0.2) is 4.39 Å². The third kappa shape index (κ3) is 4.97. The molecule has 1 nitrogen and oxygen atoms in total. The SMILES string of the molecule is Cc1cc(F)ccc1NCc1ccc(SC(F)(F)F)cc1. The van der Waals surface area contributed by atoms with Crippen LogP contribution in [0.4, 0.5) is 23.2 Å². The van der Waals surface area contributed by atoms with Gasteiger partial charge in [0.05, 0.1) is 0 Å². The van der Waals surface area contributed by atoms with E-state index >= 15 is 0 Å². The molecule has 112 valence electrons. The lowest BCUT2D eigenvalue weighted by atomic mass is 10.1. The van der Waals surface area contributed by atoms with Crippen LogP contribution in [0.25, 0.3) is 0 Å². The molecule has 0 amide bonds. The van der Waals surface area contributed by atoms with Gasteiger partial charge >= 0.3 is 5.51 Å². The molecule has 0 aromatic heterocycles. The Morgan fingerprint density at radius 1 is 1.05 bits per heavy atom. The predicted molar refractivity (Wildman–Crippen MR) is 76.8 cm³/mol. The maximum absolute atomic E-state index is 13.0. The van der Waals surface area contributed by atoms with Crippen LogP contribution in [0.5, 0.6) is 0 Å². The molecule has 0 fully saturated rings. The van der Waals surface area contributed by atoms with Crippen LogP contribution in [0.3, 0.4) is 0 Å². The molecule has 0 bridgehead atoms. The maximum atomic E-state index is 13.0. The van der Waals surface area contributed by atoms with Gasteiger partial charge in [-0.1, -0.05) is 12.1 Å². The number of benzene rings is 2. The number of thioether (sulfide) groups is 1. The van der Waals surface area contributed by atoms with E-state index in [-0.39, 0.29) is 22.5 Å². The highest BCUT2D eigenvalue weighted by Crippen LogP contribution is 2.36. The topological polar surface area (TPSA) is 12.0 Å². The summed E-state index contributed by atoms with van der Waals surface area (Å²) in [5, 5.41) is 3.13. The smallest absolute Gasteiger partial charge is 0.381 e. The van der Waals surface area contributed by atoms with Crippen molar-refractivity contribution in [3.63, 3.8) is 0 Å². The van der Waals surface area contributed by atoms with E-state index in [1.807, 2.05) is 0 Å². The van der Waals surface area contributed by atoms with Gasteiger partial charge in [-0.3, -0.25) is 0 Å². The van der Waals surface area contributed by atoms with Gasteiger partial charge in [-0.05, 0) is 60.1 Å². The Bertz CT molecular complexity index is 608. The molecule has 2 aromatic rings. The van der Waals surface area contributed by atoms with E-state index in [0.29, 0.717) is 6.54 Å². The fraction of sp³-hybridized carbons (Fsp3) is 0.200. The van der Waals surface area contributed by atoms with Gasteiger partial charge in [0.2, 0.25) is 0 Å². The molecular formula is C15H13F4NS. The van der Waals surface area contributed by atoms with Crippen LogP contribution in [0.15, 0.2) is 47.4 Å². The summed E-state index contributed by atoms with van der Waals surface area (Å²) in [7, 11) is 0. The lowest BCUT2D eigenvalue weighted by Crippen LogP contribution is -2.02. The summed E-state index contributed by atoms with van der Waals surface area (Å²) < 4.78 is 49.6. The number of halogens is 4. The molecule has 1 N–H and O–H groups in total. The van der Waals surface area contributed by atoms with Gasteiger partial charge in [-0.2, -0.15) is 13.2 Å². The number of rotatable bonds is 4. The Morgan fingerprint density at radius 2 is 1.71 bits per heavy atom. The van der Waals surface area contributed by atoms with Crippen molar-refractivity contribution >= 4 is 17.4 Å². The Kier molecular flexibility index (Phi) is 4.77. The lowest BCUT2D eigenvalue weighted by molar-refractivity contribution is -0.0328. The van der Waals surface area contributed by atoms with Crippen molar-refractivity contribution < 1.29 is 17.6 Å². The number of hydrogen-bond acceptors (Lipinski definition) is 2. The molecule has 0 atom stereocenters. The highest BCUT2D eigenvalue weighted by atomic mass is 32.2. The van der Waals surface area contributed by atoms with Crippen LogP contribution in [-0.2, 0) is 6.54 Å². The van der Waals surface area contributed by atoms with Gasteiger partial charge in [0.25, 0.3) is 0 Å². The molecule has 0 aliphatic rings. The van der Waals surface area contributed by atoms with Crippen LogP contribution >= 0.6 is 11.8 Å². The zero-order valence-corrected chi connectivity index (χ0v) is 12.0. The number of hydrogen-bond donors (Lipinski definition) is 1. The second-order valence-electron chi connectivity index (χ2n) is 4.50. The molecule has 21 heavy (non-hydrogen) atoms. The van der Waals surface area contributed by atoms with Crippen LogP contribution in [-0.4, -0.2) is 5.51 Å². The molecule has 0 radical (unpaired) electrons. The minimum absolute atomic E-state index is 0.134. The molecule has 0 aliphatic carbocycles. The summed E-state index contributed by atoms with van der Waals surface area (Å²) in [5.74, 6) is -0.299. The number of anilines is 1. The normalized spacial score (nSPS) is 11.5. The first-order valence-electron chi connectivity index (χ1n) is 6.18. The van der Waals surface area contributed by atoms with Crippen molar-refractivity contribution in [2.24, 2.45) is 0 Å². The molecule has 6 heteroatoms. The average molecular weight is 315 g/mol. The van der Waals surface area contributed by atoms with Gasteiger partial charge in [0.1, 0.15) is 5.82 Å². The Balaban J connectivity index is 1.97. The number of nitrogens with one attached hydrogen (secondary N) is 1. The summed E-state index contributed by atoms with van der Waals surface area (Å²) >= 11 is -0.134. The van der Waals surface area contributed by atoms with Crippen LogP contribution in [0.1, 0.15) is 11.1 Å². The van der Waals surface area contributed by atoms with Gasteiger partial charge in [0.15, 0.2) is 0 Å². The van der Waals surface area contributed by atoms with Crippen molar-refractivity contribution in [1.29, 1.82) is 0 Å². The third-order valence-corrected chi connectivity index (χ3v) is 3.57. The highest BCUT2D eigenvalue weighted by Gasteiger charge is 2.28. The van der Waals surface area contributed by atoms with E-state index in [4.69, 9.17) is 0 Å². The number of aryl methyl sites for hydroxylation is 1. The van der Waals surface area contributed by atoms with Crippen LogP contribution in [0.2, 0.25) is 0 Å². The van der Waals surface area contributed by atoms with Crippen LogP contribution < -0.4 is 5.32 Å². The first-order valence-corrected chi connectivity index (χ1v) is 7.00. The first-order chi connectivity index (χ1) is 9.83. The van der Waals surface area contributed by atoms with Crippen LogP contribution in [0, 0.1) is 12.7 Å². The summed E-state index contributed by atoms with van der Waals surface area (Å²) in [6.45, 7) is 2.25. The Labute approximate surface area is 124 Å². The fourth-order valence-electron chi connectivity index (χ4n) is 1.83. The standard InChI is InChI=1S/C15H13F4NS/c1-10-8-12(16)4-7-14(10)20-9-11-2-5-13(6-3-11)21-15(17,18)19/h2-8,20H,9H2,1H3. The molecule has 0 saturated heterocycles. The molecule has 0 saturated carbocycles. The van der Waals surface area contributed by atoms with Gasteiger partial charge in [-0.15, -0.1) is 0 Å². The quantitative estimate of drug-likeness (QED) is 0.602. The van der Waals surface area contributed by atoms with E-state index in [9.17, 15) is 17.6 Å². The molecule has 0 heterocycles. The second kappa shape index (κ2) is 6.39. The number of alkyl halides is 3. The molecular weight excluding hydrogens is 302 g/mol. The highest BCUT2D eigenvalue weighted by molar-refractivity contribution is 8.00. The van der Waals surface area contributed by atoms with E-state index in [2.05, 4.69) is 5.32 Å². The summed E-state index contributed by atoms with van der Waals surface area (Å²) in [6.07, 6.45) is 0. The molecule has 0 spiro atoms. The van der Waals surface area contributed by atoms with Gasteiger partial charge in [0, 0.05) is 17.1 Å². The molecule has 0 aliphatic heterocycles. The van der Waals surface area contributed by atoms with Crippen molar-refractivity contribution in [2.75, 3.05) is 5.32 Å². The predicted octanol–water partition coefficient (Wildman–Crippen LogP) is 5.36. The van der Waals surface area contributed by atoms with E-state index in [0.717, 1.165) is 16.8 Å². The summed E-state index contributed by atoms with van der Waals surface area (Å²) in [5.41, 5.74) is -1.85. The second-order valence-corrected chi connectivity index (χ2v) is 5.64. The van der Waals surface area contributed by atoms with E-state index < -0.39 is 5.51 Å². The van der Waals surface area contributed by atoms with Crippen molar-refractivity contribution in [1.82, 2.24) is 0 Å². The zero-order valence-electron chi connectivity index (χ0n) is 11.2. The zero-order chi connectivity index (χ0) is 15.5. The average Bonchev–Trinajstić information content (AvgIpc) is 2.38. The van der Waals surface area contributed by atoms with Crippen molar-refractivity contribution in [3.8, 4) is 0 Å². The minimum Gasteiger partial charge on any atom is -0.381 e. The summed E-state index contributed by atoms with van der Waals surface area (Å²) in [4.78, 5) is 0.157. The monoisotopic (exact) mass is 315 g/mol. The molecule has 0 unspecified atom stereocenters. The molecule has 2 rings (SSSR count). The largest absolute Gasteiger partial charge is 0.446 e. The summed E-state index contributed by atoms with van der Waals surface area (Å²) in [6, 6.07) is 10.6. The fourth-order valence-corrected chi connectivity index (χ4v) is 2.37. The molecule has 2 aromatic carbocycles. The maximum Gasteiger partial charge on any atom is 0.446 e. The Hall–Kier alpha value is -1.69. The Morgan fingerprint density at radius 3 is 2.29 bits per heavy atom. The van der Waals surface area contributed by atoms with Crippen molar-refractivity contribution in [2.45, 2.75) is 23.9 Å². The first kappa shape index (κ1) is 15.7. The lowest BCUT2D eigenvalue weighted by Gasteiger charge is -2.10. The van der Waals surface area contributed by atoms with E-state index in [1.165, 1.54) is 24.3 Å². The van der Waals surface area contributed by atoms with E-state index in [1.54, 1.807) is 25.1 Å². The van der Waals surface area contributed by atoms with Crippen molar-refractivity contribution in [3.05, 3.63) is 59.4 Å². The van der Waals surface area contributed by atoms with Gasteiger partial charge < -0.3 is 5.32 Å². The third-order valence-electron chi connectivity index (χ3n) is 2.83. The minimum atomic E-state index is -4.27.